The van der Waals surface area contributed by atoms with Crippen LogP contribution in [-0.2, 0) is 4.79 Å². The van der Waals surface area contributed by atoms with Crippen molar-refractivity contribution in [1.82, 2.24) is 0 Å². The van der Waals surface area contributed by atoms with Crippen molar-refractivity contribution in [3.05, 3.63) is 28.8 Å². The van der Waals surface area contributed by atoms with Crippen molar-refractivity contribution in [1.29, 1.82) is 0 Å². The molecule has 0 aromatic heterocycles. The normalized spacial score (nSPS) is 12.2. The summed E-state index contributed by atoms with van der Waals surface area (Å²) in [5.74, 6) is -1.02. The minimum absolute atomic E-state index is 0.164. The van der Waals surface area contributed by atoms with Crippen LogP contribution in [0.3, 0.4) is 0 Å². The highest BCUT2D eigenvalue weighted by Crippen LogP contribution is 2.25. The van der Waals surface area contributed by atoms with E-state index in [-0.39, 0.29) is 13.0 Å². The summed E-state index contributed by atoms with van der Waals surface area (Å²) in [6, 6.07) is 5.45. The highest BCUT2D eigenvalue weighted by molar-refractivity contribution is 6.33. The van der Waals surface area contributed by atoms with Gasteiger partial charge in [-0.3, -0.25) is 4.79 Å². The fourth-order valence-corrected chi connectivity index (χ4v) is 1.64. The maximum absolute atomic E-state index is 10.3. The molecule has 1 rings (SSSR count). The topological polar surface area (TPSA) is 69.6 Å². The Morgan fingerprint density at radius 3 is 2.81 bits per heavy atom. The summed E-state index contributed by atoms with van der Waals surface area (Å²) in [5.41, 5.74) is 1.68. The quantitative estimate of drug-likeness (QED) is 0.739. The number of carboxylic acid groups (broad SMARTS) is 1. The maximum atomic E-state index is 10.3. The van der Waals surface area contributed by atoms with Gasteiger partial charge in [0.15, 0.2) is 0 Å². The predicted octanol–water partition coefficient (Wildman–Crippen LogP) is 1.90. The van der Waals surface area contributed by atoms with Crippen LogP contribution in [0.1, 0.15) is 12.0 Å². The van der Waals surface area contributed by atoms with E-state index in [0.717, 1.165) is 11.3 Å². The van der Waals surface area contributed by atoms with Crippen molar-refractivity contribution in [2.45, 2.75) is 19.4 Å². The highest BCUT2D eigenvalue weighted by Gasteiger charge is 2.10. The van der Waals surface area contributed by atoms with Gasteiger partial charge in [-0.2, -0.15) is 0 Å². The molecule has 0 aliphatic carbocycles. The lowest BCUT2D eigenvalue weighted by atomic mass is 10.2. The summed E-state index contributed by atoms with van der Waals surface area (Å²) in [7, 11) is 0. The van der Waals surface area contributed by atoms with Crippen LogP contribution in [-0.4, -0.2) is 28.8 Å². The molecule has 0 aliphatic rings. The molecular weight excluding hydrogens is 230 g/mol. The SMILES string of the molecule is Cc1cccc(Cl)c1NCC(O)CC(=O)O. The van der Waals surface area contributed by atoms with Gasteiger partial charge in [-0.1, -0.05) is 23.7 Å². The predicted molar refractivity (Wildman–Crippen MR) is 62.9 cm³/mol. The van der Waals surface area contributed by atoms with Crippen molar-refractivity contribution in [3.63, 3.8) is 0 Å². The van der Waals surface area contributed by atoms with Crippen LogP contribution in [0.25, 0.3) is 0 Å². The summed E-state index contributed by atoms with van der Waals surface area (Å²) in [4.78, 5) is 10.3. The molecule has 3 N–H and O–H groups in total. The summed E-state index contributed by atoms with van der Waals surface area (Å²) in [5, 5.41) is 21.4. The van der Waals surface area contributed by atoms with Gasteiger partial charge in [0, 0.05) is 6.54 Å². The Morgan fingerprint density at radius 1 is 1.56 bits per heavy atom. The zero-order valence-corrected chi connectivity index (χ0v) is 9.66. The van der Waals surface area contributed by atoms with E-state index in [1.165, 1.54) is 0 Å². The van der Waals surface area contributed by atoms with Crippen LogP contribution < -0.4 is 5.32 Å². The van der Waals surface area contributed by atoms with Crippen LogP contribution in [0.2, 0.25) is 5.02 Å². The van der Waals surface area contributed by atoms with Gasteiger partial charge >= 0.3 is 5.97 Å². The molecule has 0 radical (unpaired) electrons. The van der Waals surface area contributed by atoms with Crippen molar-refractivity contribution in [2.24, 2.45) is 0 Å². The van der Waals surface area contributed by atoms with Gasteiger partial charge in [0.25, 0.3) is 0 Å². The summed E-state index contributed by atoms with van der Waals surface area (Å²) >= 11 is 5.96. The summed E-state index contributed by atoms with van der Waals surface area (Å²) < 4.78 is 0. The van der Waals surface area contributed by atoms with E-state index in [4.69, 9.17) is 16.7 Å². The zero-order valence-electron chi connectivity index (χ0n) is 8.90. The number of halogens is 1. The Morgan fingerprint density at radius 2 is 2.25 bits per heavy atom. The minimum atomic E-state index is -1.02. The molecule has 0 saturated carbocycles. The number of anilines is 1. The number of hydrogen-bond acceptors (Lipinski definition) is 3. The van der Waals surface area contributed by atoms with E-state index in [1.807, 2.05) is 19.1 Å². The number of para-hydroxylation sites is 1. The molecule has 0 aliphatic heterocycles. The third-order valence-corrected chi connectivity index (χ3v) is 2.46. The van der Waals surface area contributed by atoms with Crippen molar-refractivity contribution < 1.29 is 15.0 Å². The molecule has 0 heterocycles. The van der Waals surface area contributed by atoms with E-state index in [9.17, 15) is 9.90 Å². The first-order valence-electron chi connectivity index (χ1n) is 4.89. The molecule has 4 nitrogen and oxygen atoms in total. The standard InChI is InChI=1S/C11H14ClNO3/c1-7-3-2-4-9(12)11(7)13-6-8(14)5-10(15)16/h2-4,8,13-14H,5-6H2,1H3,(H,15,16). The number of carboxylic acids is 1. The maximum Gasteiger partial charge on any atom is 0.306 e. The molecule has 1 atom stereocenters. The molecule has 16 heavy (non-hydrogen) atoms. The second-order valence-corrected chi connectivity index (χ2v) is 3.97. The molecule has 0 saturated heterocycles. The van der Waals surface area contributed by atoms with Crippen LogP contribution in [0, 0.1) is 6.92 Å². The average molecular weight is 244 g/mol. The number of aliphatic carboxylic acids is 1. The Labute approximate surface area is 98.9 Å². The summed E-state index contributed by atoms with van der Waals surface area (Å²) in [6.07, 6.45) is -1.20. The van der Waals surface area contributed by atoms with Gasteiger partial charge in [-0.05, 0) is 18.6 Å². The second kappa shape index (κ2) is 5.72. The molecule has 0 amide bonds. The Bertz CT molecular complexity index is 361. The number of nitrogens with one attached hydrogen (secondary N) is 1. The van der Waals surface area contributed by atoms with Gasteiger partial charge in [0.1, 0.15) is 0 Å². The number of carbonyl (C=O) groups is 1. The molecule has 0 fully saturated rings. The first-order valence-corrected chi connectivity index (χ1v) is 5.27. The third-order valence-electron chi connectivity index (χ3n) is 2.15. The number of benzene rings is 1. The molecular formula is C11H14ClNO3. The van der Waals surface area contributed by atoms with E-state index < -0.39 is 12.1 Å². The van der Waals surface area contributed by atoms with Crippen LogP contribution in [0.5, 0.6) is 0 Å². The number of aryl methyl sites for hydroxylation is 1. The number of rotatable bonds is 5. The first kappa shape index (κ1) is 12.8. The van der Waals surface area contributed by atoms with Gasteiger partial charge in [0.2, 0.25) is 0 Å². The molecule has 1 aromatic rings. The Kier molecular flexibility index (Phi) is 4.58. The van der Waals surface area contributed by atoms with E-state index >= 15 is 0 Å². The largest absolute Gasteiger partial charge is 0.481 e. The van der Waals surface area contributed by atoms with Crippen LogP contribution >= 0.6 is 11.6 Å². The third kappa shape index (κ3) is 3.72. The second-order valence-electron chi connectivity index (χ2n) is 3.56. The van der Waals surface area contributed by atoms with Crippen molar-refractivity contribution in [2.75, 3.05) is 11.9 Å². The molecule has 1 aromatic carbocycles. The van der Waals surface area contributed by atoms with Gasteiger partial charge < -0.3 is 15.5 Å². The lowest BCUT2D eigenvalue weighted by Gasteiger charge is -2.14. The Balaban J connectivity index is 2.57. The van der Waals surface area contributed by atoms with Crippen molar-refractivity contribution >= 4 is 23.3 Å². The smallest absolute Gasteiger partial charge is 0.306 e. The molecule has 5 heteroatoms. The minimum Gasteiger partial charge on any atom is -0.481 e. The number of aliphatic hydroxyl groups is 1. The van der Waals surface area contributed by atoms with Gasteiger partial charge in [-0.25, -0.2) is 0 Å². The summed E-state index contributed by atoms with van der Waals surface area (Å²) in [6.45, 7) is 2.05. The fraction of sp³-hybridized carbons (Fsp3) is 0.364. The van der Waals surface area contributed by atoms with Crippen LogP contribution in [0.15, 0.2) is 18.2 Å². The number of hydrogen-bond donors (Lipinski definition) is 3. The zero-order chi connectivity index (χ0) is 12.1. The van der Waals surface area contributed by atoms with Gasteiger partial charge in [-0.15, -0.1) is 0 Å². The van der Waals surface area contributed by atoms with E-state index in [0.29, 0.717) is 5.02 Å². The molecule has 1 unspecified atom stereocenters. The number of aliphatic hydroxyl groups excluding tert-OH is 1. The lowest BCUT2D eigenvalue weighted by Crippen LogP contribution is -2.23. The molecule has 0 bridgehead atoms. The average Bonchev–Trinajstić information content (AvgIpc) is 2.15. The highest BCUT2D eigenvalue weighted by atomic mass is 35.5. The van der Waals surface area contributed by atoms with Crippen LogP contribution in [0.4, 0.5) is 5.69 Å². The lowest BCUT2D eigenvalue weighted by molar-refractivity contribution is -0.138. The van der Waals surface area contributed by atoms with Crippen molar-refractivity contribution in [3.8, 4) is 0 Å². The fourth-order valence-electron chi connectivity index (χ4n) is 1.35. The van der Waals surface area contributed by atoms with Gasteiger partial charge in [0.05, 0.1) is 23.2 Å². The van der Waals surface area contributed by atoms with E-state index in [2.05, 4.69) is 5.32 Å². The molecule has 88 valence electrons. The van der Waals surface area contributed by atoms with E-state index in [1.54, 1.807) is 6.07 Å². The first-order chi connectivity index (χ1) is 7.50. The Hall–Kier alpha value is -1.26. The molecule has 0 spiro atoms. The monoisotopic (exact) mass is 243 g/mol.